The van der Waals surface area contributed by atoms with Crippen LogP contribution in [0.1, 0.15) is 26.7 Å². The maximum Gasteiger partial charge on any atom is 0.393 e. The monoisotopic (exact) mass is 195 g/mol. The maximum atomic E-state index is 12.4. The van der Waals surface area contributed by atoms with E-state index < -0.39 is 12.1 Å². The molecule has 0 aromatic heterocycles. The zero-order valence-corrected chi connectivity index (χ0v) is 7.99. The third-order valence-corrected chi connectivity index (χ3v) is 2.49. The third kappa shape index (κ3) is 2.86. The van der Waals surface area contributed by atoms with Gasteiger partial charge in [0.2, 0.25) is 0 Å². The van der Waals surface area contributed by atoms with Gasteiger partial charge in [-0.15, -0.1) is 0 Å². The number of rotatable bonds is 2. The summed E-state index contributed by atoms with van der Waals surface area (Å²) in [5, 5.41) is 2.92. The lowest BCUT2D eigenvalue weighted by molar-refractivity contribution is -0.177. The van der Waals surface area contributed by atoms with Crippen LogP contribution in [0.25, 0.3) is 0 Å². The van der Waals surface area contributed by atoms with Crippen molar-refractivity contribution in [2.75, 3.05) is 6.54 Å². The van der Waals surface area contributed by atoms with Gasteiger partial charge >= 0.3 is 6.18 Å². The van der Waals surface area contributed by atoms with E-state index in [9.17, 15) is 13.2 Å². The predicted octanol–water partition coefficient (Wildman–Crippen LogP) is 2.57. The summed E-state index contributed by atoms with van der Waals surface area (Å²) in [6, 6.07) is -0.361. The Kier molecular flexibility index (Phi) is 3.22. The minimum Gasteiger partial charge on any atom is -0.313 e. The quantitative estimate of drug-likeness (QED) is 0.714. The van der Waals surface area contributed by atoms with Crippen LogP contribution in [0.15, 0.2) is 0 Å². The molecule has 0 bridgehead atoms. The van der Waals surface area contributed by atoms with E-state index in [2.05, 4.69) is 5.32 Å². The highest BCUT2D eigenvalue weighted by Gasteiger charge is 2.46. The molecular formula is C9H16F3N. The van der Waals surface area contributed by atoms with Gasteiger partial charge in [-0.05, 0) is 25.3 Å². The molecule has 0 radical (unpaired) electrons. The van der Waals surface area contributed by atoms with Gasteiger partial charge in [-0.2, -0.15) is 13.2 Å². The van der Waals surface area contributed by atoms with Gasteiger partial charge in [0, 0.05) is 6.04 Å². The van der Waals surface area contributed by atoms with Crippen LogP contribution in [-0.4, -0.2) is 18.8 Å². The normalized spacial score (nSPS) is 30.0. The van der Waals surface area contributed by atoms with Gasteiger partial charge in [-0.25, -0.2) is 0 Å². The second kappa shape index (κ2) is 3.86. The molecule has 0 aromatic rings. The van der Waals surface area contributed by atoms with Crippen LogP contribution in [0.4, 0.5) is 13.2 Å². The molecule has 2 atom stereocenters. The summed E-state index contributed by atoms with van der Waals surface area (Å²) in [5.41, 5.74) is 0. The Morgan fingerprint density at radius 3 is 2.46 bits per heavy atom. The van der Waals surface area contributed by atoms with E-state index in [1.54, 1.807) is 0 Å². The van der Waals surface area contributed by atoms with Crippen molar-refractivity contribution in [2.45, 2.75) is 38.9 Å². The first kappa shape index (κ1) is 10.8. The average Bonchev–Trinajstić information content (AvgIpc) is 2.31. The molecule has 78 valence electrons. The highest BCUT2D eigenvalue weighted by molar-refractivity contribution is 4.88. The lowest BCUT2D eigenvalue weighted by Crippen LogP contribution is -2.36. The van der Waals surface area contributed by atoms with Gasteiger partial charge in [-0.1, -0.05) is 13.8 Å². The van der Waals surface area contributed by atoms with Crippen LogP contribution < -0.4 is 5.32 Å². The molecule has 1 saturated heterocycles. The fraction of sp³-hybridized carbons (Fsp3) is 1.00. The van der Waals surface area contributed by atoms with E-state index >= 15 is 0 Å². The minimum absolute atomic E-state index is 0.237. The fourth-order valence-electron chi connectivity index (χ4n) is 1.91. The average molecular weight is 195 g/mol. The van der Waals surface area contributed by atoms with Crippen LogP contribution in [0.2, 0.25) is 0 Å². The van der Waals surface area contributed by atoms with Crippen LogP contribution in [0.3, 0.4) is 0 Å². The van der Waals surface area contributed by atoms with Crippen molar-refractivity contribution in [1.82, 2.24) is 5.32 Å². The smallest absolute Gasteiger partial charge is 0.313 e. The fourth-order valence-corrected chi connectivity index (χ4v) is 1.91. The number of nitrogens with one attached hydrogen (secondary N) is 1. The van der Waals surface area contributed by atoms with E-state index in [0.717, 1.165) is 0 Å². The molecule has 13 heavy (non-hydrogen) atoms. The molecule has 1 nitrogen and oxygen atoms in total. The van der Waals surface area contributed by atoms with Crippen LogP contribution in [0.5, 0.6) is 0 Å². The zero-order valence-electron chi connectivity index (χ0n) is 7.99. The molecule has 1 aliphatic heterocycles. The summed E-state index contributed by atoms with van der Waals surface area (Å²) in [6.45, 7) is 4.41. The Labute approximate surface area is 76.7 Å². The van der Waals surface area contributed by atoms with Crippen molar-refractivity contribution in [3.8, 4) is 0 Å². The summed E-state index contributed by atoms with van der Waals surface area (Å²) in [5.74, 6) is -0.810. The van der Waals surface area contributed by atoms with Gasteiger partial charge in [-0.3, -0.25) is 0 Å². The highest BCUT2D eigenvalue weighted by atomic mass is 19.4. The first-order valence-corrected chi connectivity index (χ1v) is 4.71. The molecule has 1 fully saturated rings. The number of halogens is 3. The maximum absolute atomic E-state index is 12.4. The molecule has 1 heterocycles. The summed E-state index contributed by atoms with van der Waals surface area (Å²) in [7, 11) is 0. The van der Waals surface area contributed by atoms with E-state index in [1.807, 2.05) is 13.8 Å². The molecule has 0 amide bonds. The van der Waals surface area contributed by atoms with Crippen molar-refractivity contribution in [3.05, 3.63) is 0 Å². The van der Waals surface area contributed by atoms with E-state index in [-0.39, 0.29) is 12.5 Å². The van der Waals surface area contributed by atoms with Gasteiger partial charge in [0.05, 0.1) is 5.92 Å². The highest BCUT2D eigenvalue weighted by Crippen LogP contribution is 2.36. The van der Waals surface area contributed by atoms with Crippen LogP contribution in [-0.2, 0) is 0 Å². The standard InChI is InChI=1S/C9H16F3N/c1-6(2)5-8-7(3-4-13-8)9(10,11)12/h6-8,13H,3-5H2,1-2H3. The largest absolute Gasteiger partial charge is 0.393 e. The predicted molar refractivity (Wildman–Crippen MR) is 45.4 cm³/mol. The topological polar surface area (TPSA) is 12.0 Å². The van der Waals surface area contributed by atoms with Gasteiger partial charge in [0.1, 0.15) is 0 Å². The Morgan fingerprint density at radius 1 is 1.38 bits per heavy atom. The Morgan fingerprint density at radius 2 is 2.00 bits per heavy atom. The molecule has 0 spiro atoms. The number of hydrogen-bond acceptors (Lipinski definition) is 1. The molecule has 1 rings (SSSR count). The van der Waals surface area contributed by atoms with Gasteiger partial charge in [0.25, 0.3) is 0 Å². The summed E-state index contributed by atoms with van der Waals surface area (Å²) in [4.78, 5) is 0. The number of hydrogen-bond donors (Lipinski definition) is 1. The van der Waals surface area contributed by atoms with Gasteiger partial charge in [0.15, 0.2) is 0 Å². The minimum atomic E-state index is -4.02. The lowest BCUT2D eigenvalue weighted by Gasteiger charge is -2.23. The summed E-state index contributed by atoms with van der Waals surface area (Å²) in [6.07, 6.45) is -3.17. The first-order valence-electron chi connectivity index (χ1n) is 4.71. The van der Waals surface area contributed by atoms with Crippen molar-refractivity contribution in [3.63, 3.8) is 0 Å². The molecule has 4 heteroatoms. The van der Waals surface area contributed by atoms with Crippen LogP contribution in [0, 0.1) is 11.8 Å². The lowest BCUT2D eigenvalue weighted by atomic mass is 9.93. The zero-order chi connectivity index (χ0) is 10.1. The van der Waals surface area contributed by atoms with Crippen molar-refractivity contribution in [1.29, 1.82) is 0 Å². The SMILES string of the molecule is CC(C)CC1NCCC1C(F)(F)F. The summed E-state index contributed by atoms with van der Waals surface area (Å²) < 4.78 is 37.3. The molecule has 1 N–H and O–H groups in total. The molecular weight excluding hydrogens is 179 g/mol. The second-order valence-corrected chi connectivity index (χ2v) is 4.13. The van der Waals surface area contributed by atoms with Gasteiger partial charge < -0.3 is 5.32 Å². The Balaban J connectivity index is 2.54. The van der Waals surface area contributed by atoms with E-state index in [0.29, 0.717) is 18.9 Å². The van der Waals surface area contributed by atoms with E-state index in [4.69, 9.17) is 0 Å². The molecule has 0 saturated carbocycles. The first-order chi connectivity index (χ1) is 5.91. The number of alkyl halides is 3. The second-order valence-electron chi connectivity index (χ2n) is 4.13. The van der Waals surface area contributed by atoms with Crippen molar-refractivity contribution < 1.29 is 13.2 Å². The third-order valence-electron chi connectivity index (χ3n) is 2.49. The Hall–Kier alpha value is -0.250. The summed E-state index contributed by atoms with van der Waals surface area (Å²) >= 11 is 0. The van der Waals surface area contributed by atoms with Crippen molar-refractivity contribution in [2.24, 2.45) is 11.8 Å². The Bertz CT molecular complexity index is 165. The van der Waals surface area contributed by atoms with Crippen LogP contribution >= 0.6 is 0 Å². The van der Waals surface area contributed by atoms with E-state index in [1.165, 1.54) is 0 Å². The molecule has 2 unspecified atom stereocenters. The molecule has 0 aliphatic carbocycles. The molecule has 1 aliphatic rings. The molecule has 0 aromatic carbocycles. The van der Waals surface area contributed by atoms with Crippen molar-refractivity contribution >= 4 is 0 Å².